The quantitative estimate of drug-likeness (QED) is 0.750. The maximum atomic E-state index is 12.0. The van der Waals surface area contributed by atoms with Crippen LogP contribution in [-0.4, -0.2) is 25.7 Å². The molecule has 0 saturated heterocycles. The van der Waals surface area contributed by atoms with Crippen LogP contribution in [0.25, 0.3) is 17.1 Å². The predicted molar refractivity (Wildman–Crippen MR) is 96.5 cm³/mol. The van der Waals surface area contributed by atoms with E-state index in [0.29, 0.717) is 5.69 Å². The van der Waals surface area contributed by atoms with E-state index in [0.717, 1.165) is 47.6 Å². The van der Waals surface area contributed by atoms with Gasteiger partial charge >= 0.3 is 0 Å². The summed E-state index contributed by atoms with van der Waals surface area (Å²) in [6, 6.07) is 9.53. The lowest BCUT2D eigenvalue weighted by molar-refractivity contribution is 0.0994. The molecule has 0 aliphatic rings. The molecule has 3 aromatic heterocycles. The molecular weight excluding hydrogens is 314 g/mol. The van der Waals surface area contributed by atoms with Crippen molar-refractivity contribution >= 4 is 5.91 Å². The lowest BCUT2D eigenvalue weighted by atomic mass is 10.0. The standard InChI is InChI=1S/C19H21N5O/c1-3-4-7-15-17(19(20)25)23-24(14-10-9-13(2)22-12-14)18(15)16-8-5-6-11-21-16/h5-6,8-12H,3-4,7H2,1-2H3,(H2,20,25). The number of nitrogens with zero attached hydrogens (tertiary/aromatic N) is 4. The van der Waals surface area contributed by atoms with Crippen LogP contribution in [0.5, 0.6) is 0 Å². The van der Waals surface area contributed by atoms with Gasteiger partial charge in [-0.15, -0.1) is 0 Å². The van der Waals surface area contributed by atoms with Gasteiger partial charge < -0.3 is 5.73 Å². The number of pyridine rings is 2. The topological polar surface area (TPSA) is 86.7 Å². The Labute approximate surface area is 146 Å². The summed E-state index contributed by atoms with van der Waals surface area (Å²) in [6.07, 6.45) is 6.14. The highest BCUT2D eigenvalue weighted by atomic mass is 16.1. The summed E-state index contributed by atoms with van der Waals surface area (Å²) in [5.74, 6) is -0.526. The number of amides is 1. The van der Waals surface area contributed by atoms with Gasteiger partial charge in [-0.3, -0.25) is 14.8 Å². The molecule has 128 valence electrons. The number of rotatable bonds is 6. The van der Waals surface area contributed by atoms with E-state index >= 15 is 0 Å². The molecule has 0 unspecified atom stereocenters. The van der Waals surface area contributed by atoms with Crippen molar-refractivity contribution in [2.45, 2.75) is 33.1 Å². The molecule has 1 amide bonds. The van der Waals surface area contributed by atoms with Crippen molar-refractivity contribution in [1.29, 1.82) is 0 Å². The van der Waals surface area contributed by atoms with Gasteiger partial charge in [-0.1, -0.05) is 19.4 Å². The molecule has 0 aliphatic heterocycles. The molecular formula is C19H21N5O. The minimum Gasteiger partial charge on any atom is -0.364 e. The van der Waals surface area contributed by atoms with Crippen molar-refractivity contribution in [1.82, 2.24) is 19.7 Å². The predicted octanol–water partition coefficient (Wildman–Crippen LogP) is 3.08. The first-order chi connectivity index (χ1) is 12.1. The summed E-state index contributed by atoms with van der Waals surface area (Å²) in [7, 11) is 0. The second-order valence-corrected chi connectivity index (χ2v) is 5.93. The molecule has 3 rings (SSSR count). The van der Waals surface area contributed by atoms with Gasteiger partial charge in [0, 0.05) is 17.5 Å². The second kappa shape index (κ2) is 7.25. The third-order valence-electron chi connectivity index (χ3n) is 4.05. The highest BCUT2D eigenvalue weighted by Crippen LogP contribution is 2.29. The van der Waals surface area contributed by atoms with Crippen LogP contribution >= 0.6 is 0 Å². The minimum absolute atomic E-state index is 0.301. The second-order valence-electron chi connectivity index (χ2n) is 5.93. The summed E-state index contributed by atoms with van der Waals surface area (Å²) < 4.78 is 1.72. The fourth-order valence-electron chi connectivity index (χ4n) is 2.78. The first-order valence-corrected chi connectivity index (χ1v) is 8.38. The first kappa shape index (κ1) is 16.8. The highest BCUT2D eigenvalue weighted by molar-refractivity contribution is 5.94. The molecule has 0 aliphatic carbocycles. The lowest BCUT2D eigenvalue weighted by Gasteiger charge is -2.09. The van der Waals surface area contributed by atoms with Crippen LogP contribution in [0, 0.1) is 6.92 Å². The van der Waals surface area contributed by atoms with Crippen molar-refractivity contribution in [2.24, 2.45) is 5.73 Å². The molecule has 3 heterocycles. The number of hydrogen-bond acceptors (Lipinski definition) is 4. The number of aromatic nitrogens is 4. The molecule has 0 spiro atoms. The average Bonchev–Trinajstić information content (AvgIpc) is 3.01. The number of carbonyl (C=O) groups excluding carboxylic acids is 1. The van der Waals surface area contributed by atoms with Gasteiger partial charge in [-0.2, -0.15) is 5.10 Å². The van der Waals surface area contributed by atoms with E-state index in [-0.39, 0.29) is 0 Å². The smallest absolute Gasteiger partial charge is 0.269 e. The Morgan fingerprint density at radius 1 is 1.20 bits per heavy atom. The third-order valence-corrected chi connectivity index (χ3v) is 4.05. The van der Waals surface area contributed by atoms with E-state index in [1.807, 2.05) is 37.3 Å². The lowest BCUT2D eigenvalue weighted by Crippen LogP contribution is -2.14. The van der Waals surface area contributed by atoms with Gasteiger partial charge in [0.05, 0.1) is 23.3 Å². The van der Waals surface area contributed by atoms with Crippen molar-refractivity contribution < 1.29 is 4.79 Å². The normalized spacial score (nSPS) is 10.8. The molecule has 6 heteroatoms. The largest absolute Gasteiger partial charge is 0.364 e. The summed E-state index contributed by atoms with van der Waals surface area (Å²) >= 11 is 0. The van der Waals surface area contributed by atoms with Gasteiger partial charge in [0.15, 0.2) is 5.69 Å². The number of primary amides is 1. The van der Waals surface area contributed by atoms with Crippen LogP contribution in [0.4, 0.5) is 0 Å². The summed E-state index contributed by atoms with van der Waals surface area (Å²) in [5, 5.41) is 4.50. The van der Waals surface area contributed by atoms with Gasteiger partial charge in [0.1, 0.15) is 0 Å². The van der Waals surface area contributed by atoms with Crippen LogP contribution in [0.15, 0.2) is 42.7 Å². The van der Waals surface area contributed by atoms with Gasteiger partial charge in [-0.05, 0) is 44.0 Å². The van der Waals surface area contributed by atoms with Crippen LogP contribution in [0.1, 0.15) is 41.5 Å². The highest BCUT2D eigenvalue weighted by Gasteiger charge is 2.23. The molecule has 3 aromatic rings. The number of carbonyl (C=O) groups is 1. The zero-order valence-electron chi connectivity index (χ0n) is 14.4. The number of aryl methyl sites for hydroxylation is 1. The molecule has 0 fully saturated rings. The Balaban J connectivity index is 2.26. The van der Waals surface area contributed by atoms with Crippen molar-refractivity contribution in [2.75, 3.05) is 0 Å². The Morgan fingerprint density at radius 3 is 2.64 bits per heavy atom. The number of unbranched alkanes of at least 4 members (excludes halogenated alkanes) is 1. The molecule has 0 radical (unpaired) electrons. The Bertz CT molecular complexity index is 869. The third kappa shape index (κ3) is 3.42. The fourth-order valence-corrected chi connectivity index (χ4v) is 2.78. The van der Waals surface area contributed by atoms with E-state index in [1.165, 1.54) is 0 Å². The molecule has 2 N–H and O–H groups in total. The summed E-state index contributed by atoms with van der Waals surface area (Å²) in [4.78, 5) is 20.8. The zero-order valence-corrected chi connectivity index (χ0v) is 14.4. The molecule has 0 aromatic carbocycles. The number of nitrogens with two attached hydrogens (primary N) is 1. The maximum absolute atomic E-state index is 12.0. The van der Waals surface area contributed by atoms with Gasteiger partial charge in [-0.25, -0.2) is 4.68 Å². The molecule has 6 nitrogen and oxygen atoms in total. The first-order valence-electron chi connectivity index (χ1n) is 8.38. The van der Waals surface area contributed by atoms with E-state index in [4.69, 9.17) is 5.73 Å². The Hall–Kier alpha value is -3.02. The van der Waals surface area contributed by atoms with Crippen LogP contribution in [0.3, 0.4) is 0 Å². The Kier molecular flexibility index (Phi) is 4.88. The number of hydrogen-bond donors (Lipinski definition) is 1. The molecule has 0 atom stereocenters. The summed E-state index contributed by atoms with van der Waals surface area (Å²) in [6.45, 7) is 4.03. The monoisotopic (exact) mass is 335 g/mol. The van der Waals surface area contributed by atoms with Crippen LogP contribution in [0.2, 0.25) is 0 Å². The maximum Gasteiger partial charge on any atom is 0.269 e. The molecule has 0 saturated carbocycles. The van der Waals surface area contributed by atoms with E-state index in [2.05, 4.69) is 22.0 Å². The van der Waals surface area contributed by atoms with E-state index < -0.39 is 5.91 Å². The molecule has 0 bridgehead atoms. The van der Waals surface area contributed by atoms with E-state index in [1.54, 1.807) is 17.1 Å². The van der Waals surface area contributed by atoms with Crippen molar-refractivity contribution in [3.8, 4) is 17.1 Å². The van der Waals surface area contributed by atoms with Crippen molar-refractivity contribution in [3.05, 3.63) is 59.7 Å². The minimum atomic E-state index is -0.526. The zero-order chi connectivity index (χ0) is 17.8. The fraction of sp³-hybridized carbons (Fsp3) is 0.263. The average molecular weight is 335 g/mol. The van der Waals surface area contributed by atoms with Gasteiger partial charge in [0.2, 0.25) is 0 Å². The van der Waals surface area contributed by atoms with Crippen molar-refractivity contribution in [3.63, 3.8) is 0 Å². The summed E-state index contributed by atoms with van der Waals surface area (Å²) in [5.41, 5.74) is 9.99. The van der Waals surface area contributed by atoms with E-state index in [9.17, 15) is 4.79 Å². The molecule has 25 heavy (non-hydrogen) atoms. The SMILES string of the molecule is CCCCc1c(C(N)=O)nn(-c2ccc(C)nc2)c1-c1ccccn1. The van der Waals surface area contributed by atoms with Crippen LogP contribution < -0.4 is 5.73 Å². The van der Waals surface area contributed by atoms with Gasteiger partial charge in [0.25, 0.3) is 5.91 Å². The van der Waals surface area contributed by atoms with Crippen LogP contribution in [-0.2, 0) is 6.42 Å². The Morgan fingerprint density at radius 2 is 2.04 bits per heavy atom.